The second-order valence-electron chi connectivity index (χ2n) is 5.70. The molecule has 0 radical (unpaired) electrons. The van der Waals surface area contributed by atoms with Crippen molar-refractivity contribution in [2.45, 2.75) is 30.0 Å². The van der Waals surface area contributed by atoms with Gasteiger partial charge in [0, 0.05) is 6.42 Å². The van der Waals surface area contributed by atoms with E-state index >= 15 is 0 Å². The molecule has 0 unspecified atom stereocenters. The summed E-state index contributed by atoms with van der Waals surface area (Å²) in [6, 6.07) is 0.941. The van der Waals surface area contributed by atoms with E-state index in [0.717, 1.165) is 24.3 Å². The van der Waals surface area contributed by atoms with Gasteiger partial charge in [0.2, 0.25) is 9.84 Å². The first kappa shape index (κ1) is 22.6. The molecule has 0 spiro atoms. The zero-order valence-electron chi connectivity index (χ0n) is 14.7. The van der Waals surface area contributed by atoms with Gasteiger partial charge in [-0.15, -0.1) is 24.5 Å². The summed E-state index contributed by atoms with van der Waals surface area (Å²) in [7, 11) is -4.25. The summed E-state index contributed by atoms with van der Waals surface area (Å²) >= 11 is 0.513. The monoisotopic (exact) mass is 452 g/mol. The molecule has 2 amide bonds. The third-order valence-corrected chi connectivity index (χ3v) is 6.74. The number of hydrogen-bond acceptors (Lipinski definition) is 7. The summed E-state index contributed by atoms with van der Waals surface area (Å²) in [6.07, 6.45) is -2.57. The second kappa shape index (κ2) is 8.39. The number of ether oxygens (including phenoxy) is 1. The third-order valence-electron chi connectivity index (χ3n) is 3.45. The highest BCUT2D eigenvalue weighted by molar-refractivity contribution is 7.97. The molecule has 29 heavy (non-hydrogen) atoms. The third kappa shape index (κ3) is 5.68. The number of halogens is 3. The first-order valence-corrected chi connectivity index (χ1v) is 10.1. The fourth-order valence-electron chi connectivity index (χ4n) is 2.10. The Bertz CT molecular complexity index is 1020. The minimum absolute atomic E-state index is 0.184. The van der Waals surface area contributed by atoms with E-state index in [0.29, 0.717) is 11.3 Å². The Hall–Kier alpha value is -2.64. The lowest BCUT2D eigenvalue weighted by Gasteiger charge is -2.09. The highest BCUT2D eigenvalue weighted by atomic mass is 32.2. The van der Waals surface area contributed by atoms with Crippen LogP contribution in [0.15, 0.2) is 45.2 Å². The molecule has 1 aliphatic carbocycles. The smallest absolute Gasteiger partial charge is 0.410 e. The number of carbonyl (C=O) groups excluding carboxylic acids is 2. The van der Waals surface area contributed by atoms with Crippen LogP contribution in [0.4, 0.5) is 18.2 Å². The molecule has 1 aromatic rings. The largest absolute Gasteiger partial charge is 0.572 e. The number of sulfone groups is 1. The lowest BCUT2D eigenvalue weighted by Crippen LogP contribution is -2.25. The molecule has 0 saturated carbocycles. The van der Waals surface area contributed by atoms with Crippen LogP contribution >= 0.6 is 11.3 Å². The molecule has 1 aliphatic rings. The van der Waals surface area contributed by atoms with Gasteiger partial charge in [0.1, 0.15) is 21.1 Å². The number of anilines is 1. The number of nitrogens with two attached hydrogens (primary N) is 1. The number of aliphatic hydroxyl groups excluding tert-OH is 1. The van der Waals surface area contributed by atoms with Gasteiger partial charge in [-0.2, -0.15) is 0 Å². The van der Waals surface area contributed by atoms with Crippen LogP contribution in [0, 0.1) is 0 Å². The van der Waals surface area contributed by atoms with Gasteiger partial charge in [-0.3, -0.25) is 9.59 Å². The molecule has 0 fully saturated rings. The fraction of sp³-hybridized carbons (Fsp3) is 0.250. The predicted octanol–water partition coefficient (Wildman–Crippen LogP) is 2.20. The maximum absolute atomic E-state index is 12.8. The molecule has 0 bridgehead atoms. The van der Waals surface area contributed by atoms with Gasteiger partial charge in [-0.1, -0.05) is 6.08 Å². The molecule has 13 heteroatoms. The van der Waals surface area contributed by atoms with Crippen molar-refractivity contribution in [3.8, 4) is 0 Å². The Balaban J connectivity index is 2.43. The minimum Gasteiger partial charge on any atom is -0.410 e. The van der Waals surface area contributed by atoms with Gasteiger partial charge >= 0.3 is 6.36 Å². The van der Waals surface area contributed by atoms with Crippen molar-refractivity contribution in [1.82, 2.24) is 0 Å². The van der Waals surface area contributed by atoms with Gasteiger partial charge in [0.15, 0.2) is 0 Å². The SMILES string of the molecule is C[C@H](O)C(=O)Nc1sc(S(=O)(=O)C2=CC=C(OC(F)(F)F)CC=C2)cc1C(N)=O. The Morgan fingerprint density at radius 3 is 2.55 bits per heavy atom. The van der Waals surface area contributed by atoms with Crippen LogP contribution in [0.2, 0.25) is 0 Å². The van der Waals surface area contributed by atoms with Crippen molar-refractivity contribution in [1.29, 1.82) is 0 Å². The number of nitrogens with one attached hydrogen (secondary N) is 1. The van der Waals surface area contributed by atoms with Crippen LogP contribution in [-0.4, -0.2) is 37.8 Å². The van der Waals surface area contributed by atoms with E-state index in [9.17, 15) is 36.3 Å². The first-order valence-electron chi connectivity index (χ1n) is 7.82. The van der Waals surface area contributed by atoms with Crippen molar-refractivity contribution in [2.24, 2.45) is 5.73 Å². The molecule has 0 aliphatic heterocycles. The molecule has 1 atom stereocenters. The molecule has 158 valence electrons. The molecular formula is C16H15F3N2O6S2. The van der Waals surface area contributed by atoms with E-state index in [2.05, 4.69) is 10.1 Å². The summed E-state index contributed by atoms with van der Waals surface area (Å²) in [5.74, 6) is -2.41. The fourth-order valence-corrected chi connectivity index (χ4v) is 4.91. The van der Waals surface area contributed by atoms with Gasteiger partial charge < -0.3 is 20.9 Å². The number of carbonyl (C=O) groups is 2. The number of thiophene rings is 1. The van der Waals surface area contributed by atoms with Crippen molar-refractivity contribution in [3.63, 3.8) is 0 Å². The highest BCUT2D eigenvalue weighted by Gasteiger charge is 2.32. The van der Waals surface area contributed by atoms with Crippen LogP contribution in [0.5, 0.6) is 0 Å². The van der Waals surface area contributed by atoms with Gasteiger partial charge in [0.25, 0.3) is 11.8 Å². The van der Waals surface area contributed by atoms with E-state index in [1.54, 1.807) is 0 Å². The molecule has 0 aromatic carbocycles. The van der Waals surface area contributed by atoms with Crippen LogP contribution in [0.1, 0.15) is 23.7 Å². The molecule has 1 aromatic heterocycles. The van der Waals surface area contributed by atoms with Crippen LogP contribution < -0.4 is 11.1 Å². The van der Waals surface area contributed by atoms with E-state index in [4.69, 9.17) is 5.73 Å². The molecule has 0 saturated heterocycles. The van der Waals surface area contributed by atoms with Crippen molar-refractivity contribution >= 4 is 38.0 Å². The number of aliphatic hydroxyl groups is 1. The van der Waals surface area contributed by atoms with Crippen LogP contribution in [0.3, 0.4) is 0 Å². The van der Waals surface area contributed by atoms with Gasteiger partial charge in [-0.25, -0.2) is 8.42 Å². The Morgan fingerprint density at radius 2 is 2.00 bits per heavy atom. The maximum Gasteiger partial charge on any atom is 0.572 e. The zero-order valence-corrected chi connectivity index (χ0v) is 16.3. The number of allylic oxidation sites excluding steroid dienone is 4. The van der Waals surface area contributed by atoms with Gasteiger partial charge in [-0.05, 0) is 31.2 Å². The predicted molar refractivity (Wildman–Crippen MR) is 97.4 cm³/mol. The van der Waals surface area contributed by atoms with Crippen molar-refractivity contribution in [3.05, 3.63) is 46.6 Å². The van der Waals surface area contributed by atoms with Crippen molar-refractivity contribution < 1.29 is 41.0 Å². The van der Waals surface area contributed by atoms with Gasteiger partial charge in [0.05, 0.1) is 10.5 Å². The normalized spacial score (nSPS) is 15.8. The summed E-state index contributed by atoms with van der Waals surface area (Å²) in [4.78, 5) is 22.9. The standard InChI is InChI=1S/C16H15F3N2O6S2/c1-8(22)14(24)21-15-11(13(20)23)7-12(28-15)29(25,26)10-4-2-3-9(5-6-10)27-16(17,18)19/h2,4-8,22H,3H2,1H3,(H2,20,23)(H,21,24)/t8-/m0/s1. The van der Waals surface area contributed by atoms with E-state index in [1.807, 2.05) is 0 Å². The number of rotatable bonds is 6. The highest BCUT2D eigenvalue weighted by Crippen LogP contribution is 2.35. The lowest BCUT2D eigenvalue weighted by atomic mass is 10.3. The summed E-state index contributed by atoms with van der Waals surface area (Å²) in [5, 5.41) is 11.3. The van der Waals surface area contributed by atoms with Crippen molar-refractivity contribution in [2.75, 3.05) is 5.32 Å². The topological polar surface area (TPSA) is 136 Å². The maximum atomic E-state index is 12.8. The average Bonchev–Trinajstić information content (AvgIpc) is 2.87. The van der Waals surface area contributed by atoms with E-state index in [1.165, 1.54) is 13.0 Å². The summed E-state index contributed by atoms with van der Waals surface area (Å²) in [6.45, 7) is 1.17. The second-order valence-corrected chi connectivity index (χ2v) is 8.93. The molecule has 2 rings (SSSR count). The van der Waals surface area contributed by atoms with Crippen LogP contribution in [0.25, 0.3) is 0 Å². The number of amides is 2. The molecule has 8 nitrogen and oxygen atoms in total. The number of primary amides is 1. The Kier molecular flexibility index (Phi) is 6.55. The average molecular weight is 452 g/mol. The zero-order chi connectivity index (χ0) is 22.0. The lowest BCUT2D eigenvalue weighted by molar-refractivity contribution is -0.305. The van der Waals surface area contributed by atoms with E-state index in [-0.39, 0.29) is 26.1 Å². The molecule has 4 N–H and O–H groups in total. The number of hydrogen-bond donors (Lipinski definition) is 3. The molecular weight excluding hydrogens is 437 g/mol. The number of alkyl halides is 3. The minimum atomic E-state index is -4.92. The first-order chi connectivity index (χ1) is 13.3. The Labute approximate surface area is 167 Å². The Morgan fingerprint density at radius 1 is 1.34 bits per heavy atom. The van der Waals surface area contributed by atoms with E-state index < -0.39 is 39.9 Å². The summed E-state index contributed by atoms with van der Waals surface area (Å²) in [5.41, 5.74) is 4.91. The van der Waals surface area contributed by atoms with Crippen LogP contribution in [-0.2, 0) is 19.4 Å². The quantitative estimate of drug-likeness (QED) is 0.606. The summed E-state index contributed by atoms with van der Waals surface area (Å²) < 4.78 is 66.1. The molecule has 1 heterocycles.